The predicted octanol–water partition coefficient (Wildman–Crippen LogP) is 2.78. The summed E-state index contributed by atoms with van der Waals surface area (Å²) in [5, 5.41) is 3.73. The molecule has 0 aromatic carbocycles. The summed E-state index contributed by atoms with van der Waals surface area (Å²) in [5.74, 6) is 1.64. The predicted molar refractivity (Wildman–Crippen MR) is 86.1 cm³/mol. The number of hydrogen-bond acceptors (Lipinski definition) is 6. The second kappa shape index (κ2) is 6.25. The van der Waals surface area contributed by atoms with Crippen molar-refractivity contribution in [2.75, 3.05) is 31.1 Å². The molecule has 1 aliphatic rings. The maximum Gasteiger partial charge on any atom is 0.134 e. The number of hydrogen-bond donors (Lipinski definition) is 0. The number of thiazole rings is 1. The smallest absolute Gasteiger partial charge is 0.134 e. The molecule has 0 amide bonds. The molecule has 1 atom stereocenters. The van der Waals surface area contributed by atoms with Crippen molar-refractivity contribution in [3.05, 3.63) is 33.6 Å². The van der Waals surface area contributed by atoms with Crippen LogP contribution >= 0.6 is 22.9 Å². The van der Waals surface area contributed by atoms with Crippen LogP contribution in [0.2, 0.25) is 5.15 Å². The molecule has 5 nitrogen and oxygen atoms in total. The topological polar surface area (TPSA) is 45.2 Å². The summed E-state index contributed by atoms with van der Waals surface area (Å²) in [6.45, 7) is 7.99. The van der Waals surface area contributed by atoms with E-state index in [9.17, 15) is 0 Å². The lowest BCUT2D eigenvalue weighted by atomic mass is 10.2. The van der Waals surface area contributed by atoms with Crippen molar-refractivity contribution in [3.63, 3.8) is 0 Å². The standard InChI is InChI=1S/C14H18ClN5S/c1-10(14-16-3-8-21-14)19-4-6-20(7-5-19)13-9-12(15)17-11(2)18-13/h3,8-10H,4-7H2,1-2H3. The Kier molecular flexibility index (Phi) is 4.37. The summed E-state index contributed by atoms with van der Waals surface area (Å²) in [4.78, 5) is 17.7. The van der Waals surface area contributed by atoms with Crippen molar-refractivity contribution in [1.29, 1.82) is 0 Å². The third-order valence-corrected chi connectivity index (χ3v) is 4.93. The largest absolute Gasteiger partial charge is 0.354 e. The number of aromatic nitrogens is 3. The maximum atomic E-state index is 6.02. The Balaban J connectivity index is 1.65. The molecule has 0 spiro atoms. The van der Waals surface area contributed by atoms with Crippen molar-refractivity contribution >= 4 is 28.8 Å². The van der Waals surface area contributed by atoms with Crippen molar-refractivity contribution in [2.24, 2.45) is 0 Å². The van der Waals surface area contributed by atoms with Crippen LogP contribution < -0.4 is 4.90 Å². The summed E-state index contributed by atoms with van der Waals surface area (Å²) >= 11 is 7.74. The lowest BCUT2D eigenvalue weighted by Gasteiger charge is -2.38. The highest BCUT2D eigenvalue weighted by Gasteiger charge is 2.24. The average molecular weight is 324 g/mol. The summed E-state index contributed by atoms with van der Waals surface area (Å²) in [5.41, 5.74) is 0. The van der Waals surface area contributed by atoms with E-state index in [0.717, 1.165) is 37.8 Å². The van der Waals surface area contributed by atoms with Gasteiger partial charge in [-0.05, 0) is 13.8 Å². The van der Waals surface area contributed by atoms with Crippen molar-refractivity contribution < 1.29 is 0 Å². The van der Waals surface area contributed by atoms with Crippen LogP contribution in [0, 0.1) is 6.92 Å². The Bertz CT molecular complexity index is 575. The van der Waals surface area contributed by atoms with E-state index in [0.29, 0.717) is 11.2 Å². The Morgan fingerprint density at radius 1 is 1.24 bits per heavy atom. The van der Waals surface area contributed by atoms with Crippen LogP contribution in [0.25, 0.3) is 0 Å². The molecule has 0 aliphatic carbocycles. The van der Waals surface area contributed by atoms with Crippen LogP contribution in [0.5, 0.6) is 0 Å². The van der Waals surface area contributed by atoms with Crippen LogP contribution in [0.4, 0.5) is 5.82 Å². The van der Waals surface area contributed by atoms with E-state index in [1.54, 1.807) is 11.3 Å². The van der Waals surface area contributed by atoms with Gasteiger partial charge in [-0.2, -0.15) is 0 Å². The van der Waals surface area contributed by atoms with Gasteiger partial charge < -0.3 is 4.90 Å². The summed E-state index contributed by atoms with van der Waals surface area (Å²) < 4.78 is 0. The molecule has 112 valence electrons. The van der Waals surface area contributed by atoms with E-state index >= 15 is 0 Å². The first-order chi connectivity index (χ1) is 10.1. The molecule has 2 aromatic rings. The molecule has 2 aromatic heterocycles. The van der Waals surface area contributed by atoms with Crippen molar-refractivity contribution in [2.45, 2.75) is 19.9 Å². The van der Waals surface area contributed by atoms with Gasteiger partial charge in [-0.1, -0.05) is 11.6 Å². The lowest BCUT2D eigenvalue weighted by Crippen LogP contribution is -2.47. The van der Waals surface area contributed by atoms with Crippen LogP contribution in [0.1, 0.15) is 23.8 Å². The first-order valence-electron chi connectivity index (χ1n) is 7.03. The number of piperazine rings is 1. The van der Waals surface area contributed by atoms with Gasteiger partial charge in [0.1, 0.15) is 21.8 Å². The third kappa shape index (κ3) is 3.33. The summed E-state index contributed by atoms with van der Waals surface area (Å²) in [6.07, 6.45) is 1.87. The minimum atomic E-state index is 0.378. The second-order valence-electron chi connectivity index (χ2n) is 5.17. The number of rotatable bonds is 3. The Labute approximate surface area is 133 Å². The molecule has 21 heavy (non-hydrogen) atoms. The fourth-order valence-corrected chi connectivity index (χ4v) is 3.56. The van der Waals surface area contributed by atoms with Crippen molar-refractivity contribution in [3.8, 4) is 0 Å². The number of aryl methyl sites for hydroxylation is 1. The number of halogens is 1. The highest BCUT2D eigenvalue weighted by Crippen LogP contribution is 2.25. The molecule has 7 heteroatoms. The van der Waals surface area contributed by atoms with Gasteiger partial charge in [-0.15, -0.1) is 11.3 Å². The monoisotopic (exact) mass is 323 g/mol. The van der Waals surface area contributed by atoms with Crippen molar-refractivity contribution in [1.82, 2.24) is 19.9 Å². The molecule has 0 N–H and O–H groups in total. The molecule has 0 saturated carbocycles. The normalized spacial score (nSPS) is 18.0. The zero-order chi connectivity index (χ0) is 14.8. The van der Waals surface area contributed by atoms with Gasteiger partial charge in [0.05, 0.1) is 6.04 Å². The zero-order valence-corrected chi connectivity index (χ0v) is 13.7. The molecule has 3 heterocycles. The molecule has 0 bridgehead atoms. The van der Waals surface area contributed by atoms with Gasteiger partial charge >= 0.3 is 0 Å². The van der Waals surface area contributed by atoms with Gasteiger partial charge in [-0.25, -0.2) is 15.0 Å². The van der Waals surface area contributed by atoms with E-state index in [-0.39, 0.29) is 0 Å². The van der Waals surface area contributed by atoms with E-state index < -0.39 is 0 Å². The maximum absolute atomic E-state index is 6.02. The molecule has 1 fully saturated rings. The lowest BCUT2D eigenvalue weighted by molar-refractivity contribution is 0.198. The first-order valence-corrected chi connectivity index (χ1v) is 8.29. The zero-order valence-electron chi connectivity index (χ0n) is 12.2. The molecule has 1 aliphatic heterocycles. The number of nitrogens with zero attached hydrogens (tertiary/aromatic N) is 5. The summed E-state index contributed by atoms with van der Waals surface area (Å²) in [7, 11) is 0. The van der Waals surface area contributed by atoms with E-state index in [4.69, 9.17) is 11.6 Å². The minimum Gasteiger partial charge on any atom is -0.354 e. The van der Waals surface area contributed by atoms with Crippen LogP contribution in [-0.2, 0) is 0 Å². The van der Waals surface area contributed by atoms with Gasteiger partial charge in [-0.3, -0.25) is 4.90 Å². The van der Waals surface area contributed by atoms with E-state index in [1.165, 1.54) is 5.01 Å². The average Bonchev–Trinajstić information content (AvgIpc) is 3.00. The fourth-order valence-electron chi connectivity index (χ4n) is 2.61. The Morgan fingerprint density at radius 3 is 2.62 bits per heavy atom. The van der Waals surface area contributed by atoms with Gasteiger partial charge in [0.15, 0.2) is 0 Å². The van der Waals surface area contributed by atoms with E-state index in [2.05, 4.69) is 31.7 Å². The van der Waals surface area contributed by atoms with E-state index in [1.807, 2.05) is 24.6 Å². The highest BCUT2D eigenvalue weighted by atomic mass is 35.5. The molecular weight excluding hydrogens is 306 g/mol. The van der Waals surface area contributed by atoms with Gasteiger partial charge in [0.2, 0.25) is 0 Å². The molecular formula is C14H18ClN5S. The molecule has 0 radical (unpaired) electrons. The highest BCUT2D eigenvalue weighted by molar-refractivity contribution is 7.09. The number of anilines is 1. The Hall–Kier alpha value is -1.24. The minimum absolute atomic E-state index is 0.378. The van der Waals surface area contributed by atoms with Crippen LogP contribution in [0.15, 0.2) is 17.6 Å². The first kappa shape index (κ1) is 14.7. The molecule has 1 unspecified atom stereocenters. The second-order valence-corrected chi connectivity index (χ2v) is 6.48. The Morgan fingerprint density at radius 2 is 2.00 bits per heavy atom. The molecule has 1 saturated heterocycles. The van der Waals surface area contributed by atoms with Crippen LogP contribution in [-0.4, -0.2) is 46.0 Å². The summed E-state index contributed by atoms with van der Waals surface area (Å²) in [6, 6.07) is 2.22. The quantitative estimate of drug-likeness (QED) is 0.813. The van der Waals surface area contributed by atoms with Crippen LogP contribution in [0.3, 0.4) is 0 Å². The fraction of sp³-hybridized carbons (Fsp3) is 0.500. The molecule has 3 rings (SSSR count). The van der Waals surface area contributed by atoms with Gasteiger partial charge in [0.25, 0.3) is 0 Å². The van der Waals surface area contributed by atoms with Gasteiger partial charge in [0, 0.05) is 43.8 Å². The third-order valence-electron chi connectivity index (χ3n) is 3.79. The SMILES string of the molecule is Cc1nc(Cl)cc(N2CCN(C(C)c3nccs3)CC2)n1.